The normalized spacial score (nSPS) is 15.5. The van der Waals surface area contributed by atoms with Gasteiger partial charge in [0.1, 0.15) is 17.8 Å². The molecule has 7 nitrogen and oxygen atoms in total. The second-order valence-electron chi connectivity index (χ2n) is 5.04. The molecule has 2 rings (SSSR count). The summed E-state index contributed by atoms with van der Waals surface area (Å²) < 4.78 is 38.0. The second kappa shape index (κ2) is 6.80. The number of piperazine rings is 1. The van der Waals surface area contributed by atoms with Crippen molar-refractivity contribution in [3.05, 3.63) is 18.1 Å². The molecule has 1 N–H and O–H groups in total. The molecular formula is C13H16F3N5O2. The number of hydrogen-bond donors (Lipinski definition) is 1. The van der Waals surface area contributed by atoms with Gasteiger partial charge in [-0.15, -0.1) is 0 Å². The number of carbonyl (C=O) groups excluding carboxylic acids is 2. The minimum atomic E-state index is -4.52. The maximum absolute atomic E-state index is 12.7. The van der Waals surface area contributed by atoms with Crippen molar-refractivity contribution in [2.75, 3.05) is 37.6 Å². The van der Waals surface area contributed by atoms with Crippen molar-refractivity contribution in [3.8, 4) is 0 Å². The molecule has 0 radical (unpaired) electrons. The van der Waals surface area contributed by atoms with Gasteiger partial charge in [-0.25, -0.2) is 9.97 Å². The topological polar surface area (TPSA) is 78.4 Å². The summed E-state index contributed by atoms with van der Waals surface area (Å²) in [6.45, 7) is 2.66. The minimum absolute atomic E-state index is 0.0823. The molecule has 2 heterocycles. The molecule has 0 spiro atoms. The van der Waals surface area contributed by atoms with Gasteiger partial charge in [0.05, 0.1) is 6.54 Å². The van der Waals surface area contributed by atoms with E-state index < -0.39 is 11.9 Å². The maximum atomic E-state index is 12.7. The Kier molecular flexibility index (Phi) is 5.02. The molecule has 2 amide bonds. The van der Waals surface area contributed by atoms with Crippen molar-refractivity contribution in [2.45, 2.75) is 13.1 Å². The third-order valence-corrected chi connectivity index (χ3v) is 3.39. The highest BCUT2D eigenvalue weighted by Gasteiger charge is 2.33. The van der Waals surface area contributed by atoms with Crippen LogP contribution in [0.4, 0.5) is 19.0 Å². The van der Waals surface area contributed by atoms with Crippen LogP contribution < -0.4 is 10.2 Å². The van der Waals surface area contributed by atoms with Gasteiger partial charge in [-0.05, 0) is 0 Å². The fourth-order valence-electron chi connectivity index (χ4n) is 2.17. The number of rotatable bonds is 3. The number of nitrogens with one attached hydrogen (secondary N) is 1. The Bertz CT molecular complexity index is 585. The highest BCUT2D eigenvalue weighted by atomic mass is 19.4. The van der Waals surface area contributed by atoms with Gasteiger partial charge in [0, 0.05) is 39.2 Å². The van der Waals surface area contributed by atoms with E-state index in [9.17, 15) is 22.8 Å². The molecule has 0 aromatic carbocycles. The summed E-state index contributed by atoms with van der Waals surface area (Å²) >= 11 is 0. The third kappa shape index (κ3) is 4.54. The van der Waals surface area contributed by atoms with Crippen LogP contribution in [-0.4, -0.2) is 59.4 Å². The zero-order chi connectivity index (χ0) is 17.0. The van der Waals surface area contributed by atoms with Crippen molar-refractivity contribution in [3.63, 3.8) is 0 Å². The van der Waals surface area contributed by atoms with Gasteiger partial charge in [0.15, 0.2) is 0 Å². The number of aromatic nitrogens is 2. The first-order chi connectivity index (χ1) is 10.8. The van der Waals surface area contributed by atoms with Crippen LogP contribution in [0, 0.1) is 0 Å². The molecule has 0 aliphatic carbocycles. The van der Waals surface area contributed by atoms with E-state index in [1.54, 1.807) is 9.80 Å². The first-order valence-corrected chi connectivity index (χ1v) is 6.94. The molecule has 126 valence electrons. The first kappa shape index (κ1) is 17.0. The van der Waals surface area contributed by atoms with Crippen LogP contribution in [0.15, 0.2) is 12.4 Å². The van der Waals surface area contributed by atoms with E-state index in [0.29, 0.717) is 26.2 Å². The van der Waals surface area contributed by atoms with Gasteiger partial charge < -0.3 is 15.1 Å². The summed E-state index contributed by atoms with van der Waals surface area (Å²) in [5.41, 5.74) is -0.994. The van der Waals surface area contributed by atoms with Crippen LogP contribution in [0.3, 0.4) is 0 Å². The number of nitrogens with zero attached hydrogens (tertiary/aromatic N) is 4. The average molecular weight is 331 g/mol. The summed E-state index contributed by atoms with van der Waals surface area (Å²) in [7, 11) is 0. The maximum Gasteiger partial charge on any atom is 0.433 e. The molecule has 10 heteroatoms. The molecule has 0 atom stereocenters. The average Bonchev–Trinajstić information content (AvgIpc) is 2.52. The summed E-state index contributed by atoms with van der Waals surface area (Å²) in [4.78, 5) is 32.9. The van der Waals surface area contributed by atoms with Crippen LogP contribution >= 0.6 is 0 Å². The van der Waals surface area contributed by atoms with Crippen LogP contribution in [0.2, 0.25) is 0 Å². The Morgan fingerprint density at radius 2 is 1.87 bits per heavy atom. The fourth-order valence-corrected chi connectivity index (χ4v) is 2.17. The Hall–Kier alpha value is -2.39. The number of halogens is 3. The van der Waals surface area contributed by atoms with Crippen molar-refractivity contribution in [1.82, 2.24) is 20.2 Å². The molecule has 0 unspecified atom stereocenters. The standard InChI is InChI=1S/C13H16F3N5O2/c1-9(22)17-7-12(23)21-4-2-20(3-5-21)11-6-10(13(14,15)16)18-8-19-11/h6,8H,2-5,7H2,1H3,(H,17,22). The van der Waals surface area contributed by atoms with Crippen molar-refractivity contribution >= 4 is 17.6 Å². The molecule has 1 saturated heterocycles. The lowest BCUT2D eigenvalue weighted by Gasteiger charge is -2.35. The lowest BCUT2D eigenvalue weighted by molar-refractivity contribution is -0.141. The Morgan fingerprint density at radius 3 is 2.43 bits per heavy atom. The van der Waals surface area contributed by atoms with Gasteiger partial charge in [-0.3, -0.25) is 9.59 Å². The summed E-state index contributed by atoms with van der Waals surface area (Å²) in [5, 5.41) is 2.42. The number of hydrogen-bond acceptors (Lipinski definition) is 5. The molecule has 1 aliphatic heterocycles. The monoisotopic (exact) mass is 331 g/mol. The van der Waals surface area contributed by atoms with Crippen molar-refractivity contribution < 1.29 is 22.8 Å². The highest BCUT2D eigenvalue weighted by Crippen LogP contribution is 2.29. The van der Waals surface area contributed by atoms with Crippen molar-refractivity contribution in [2.24, 2.45) is 0 Å². The number of amides is 2. The van der Waals surface area contributed by atoms with E-state index in [1.807, 2.05) is 0 Å². The van der Waals surface area contributed by atoms with Crippen LogP contribution in [0.1, 0.15) is 12.6 Å². The van der Waals surface area contributed by atoms with Gasteiger partial charge in [-0.2, -0.15) is 13.2 Å². The zero-order valence-electron chi connectivity index (χ0n) is 12.4. The van der Waals surface area contributed by atoms with Crippen LogP contribution in [0.5, 0.6) is 0 Å². The van der Waals surface area contributed by atoms with E-state index in [0.717, 1.165) is 12.4 Å². The molecule has 0 bridgehead atoms. The quantitative estimate of drug-likeness (QED) is 0.861. The number of anilines is 1. The summed E-state index contributed by atoms with van der Waals surface area (Å²) in [6.07, 6.45) is -3.64. The van der Waals surface area contributed by atoms with E-state index in [-0.39, 0.29) is 24.2 Å². The third-order valence-electron chi connectivity index (χ3n) is 3.39. The summed E-state index contributed by atoms with van der Waals surface area (Å²) in [6, 6.07) is 0.898. The smallest absolute Gasteiger partial charge is 0.353 e. The summed E-state index contributed by atoms with van der Waals surface area (Å²) in [5.74, 6) is -0.336. The first-order valence-electron chi connectivity index (χ1n) is 6.94. The molecule has 1 fully saturated rings. The molecular weight excluding hydrogens is 315 g/mol. The molecule has 1 aliphatic rings. The molecule has 23 heavy (non-hydrogen) atoms. The van der Waals surface area contributed by atoms with Gasteiger partial charge in [0.25, 0.3) is 0 Å². The van der Waals surface area contributed by atoms with E-state index in [4.69, 9.17) is 0 Å². The van der Waals surface area contributed by atoms with Crippen molar-refractivity contribution in [1.29, 1.82) is 0 Å². The number of alkyl halides is 3. The van der Waals surface area contributed by atoms with E-state index >= 15 is 0 Å². The highest BCUT2D eigenvalue weighted by molar-refractivity contribution is 5.83. The fraction of sp³-hybridized carbons (Fsp3) is 0.538. The lowest BCUT2D eigenvalue weighted by atomic mass is 10.3. The van der Waals surface area contributed by atoms with Gasteiger partial charge in [-0.1, -0.05) is 0 Å². The molecule has 1 aromatic heterocycles. The molecule has 1 aromatic rings. The van der Waals surface area contributed by atoms with Crippen LogP contribution in [0.25, 0.3) is 0 Å². The van der Waals surface area contributed by atoms with E-state index in [1.165, 1.54) is 6.92 Å². The Morgan fingerprint density at radius 1 is 1.22 bits per heavy atom. The Balaban J connectivity index is 1.94. The predicted molar refractivity (Wildman–Crippen MR) is 74.5 cm³/mol. The largest absolute Gasteiger partial charge is 0.433 e. The predicted octanol–water partition coefficient (Wildman–Crippen LogP) is 0.280. The Labute approximate surface area is 130 Å². The van der Waals surface area contributed by atoms with Crippen LogP contribution in [-0.2, 0) is 15.8 Å². The lowest BCUT2D eigenvalue weighted by Crippen LogP contribution is -2.51. The van der Waals surface area contributed by atoms with Gasteiger partial charge >= 0.3 is 6.18 Å². The SMILES string of the molecule is CC(=O)NCC(=O)N1CCN(c2cc(C(F)(F)F)ncn2)CC1. The second-order valence-corrected chi connectivity index (χ2v) is 5.04. The minimum Gasteiger partial charge on any atom is -0.353 e. The molecule has 0 saturated carbocycles. The zero-order valence-corrected chi connectivity index (χ0v) is 12.4. The number of carbonyl (C=O) groups is 2. The van der Waals surface area contributed by atoms with Gasteiger partial charge in [0.2, 0.25) is 11.8 Å². The van der Waals surface area contributed by atoms with E-state index in [2.05, 4.69) is 15.3 Å².